The fourth-order valence-electron chi connectivity index (χ4n) is 4.44. The van der Waals surface area contributed by atoms with Crippen molar-refractivity contribution in [2.75, 3.05) is 0 Å². The highest BCUT2D eigenvalue weighted by Crippen LogP contribution is 2.38. The molecule has 4 aromatic rings. The summed E-state index contributed by atoms with van der Waals surface area (Å²) in [6.45, 7) is 6.28. The summed E-state index contributed by atoms with van der Waals surface area (Å²) in [5.41, 5.74) is 7.34. The summed E-state index contributed by atoms with van der Waals surface area (Å²) in [6, 6.07) is 35.5. The highest BCUT2D eigenvalue weighted by molar-refractivity contribution is 5.59. The van der Waals surface area contributed by atoms with Gasteiger partial charge in [0.2, 0.25) is 0 Å². The van der Waals surface area contributed by atoms with E-state index in [1.165, 1.54) is 16.7 Å². The molecule has 0 spiro atoms. The van der Waals surface area contributed by atoms with Crippen molar-refractivity contribution in [1.29, 1.82) is 0 Å². The van der Waals surface area contributed by atoms with Crippen molar-refractivity contribution in [3.05, 3.63) is 142 Å². The Kier molecular flexibility index (Phi) is 6.99. The molecular weight excluding hydrogens is 408 g/mol. The number of aryl methyl sites for hydroxylation is 3. The fourth-order valence-corrected chi connectivity index (χ4v) is 4.44. The number of rotatable bonds is 3. The van der Waals surface area contributed by atoms with Gasteiger partial charge in [-0.25, -0.2) is 0 Å². The highest BCUT2D eigenvalue weighted by Gasteiger charge is 2.34. The van der Waals surface area contributed by atoms with E-state index in [0.29, 0.717) is 0 Å². The van der Waals surface area contributed by atoms with Crippen LogP contribution in [0.5, 0.6) is 0 Å². The van der Waals surface area contributed by atoms with E-state index in [0.717, 1.165) is 22.3 Å². The van der Waals surface area contributed by atoms with Gasteiger partial charge in [-0.1, -0.05) is 121 Å². The molecule has 0 N–H and O–H groups in total. The van der Waals surface area contributed by atoms with Crippen molar-refractivity contribution < 1.29 is 0 Å². The summed E-state index contributed by atoms with van der Waals surface area (Å²) in [6.07, 6.45) is 0. The molecular formula is C34H26. The third kappa shape index (κ3) is 4.81. The van der Waals surface area contributed by atoms with Crippen LogP contribution in [0.3, 0.4) is 0 Å². The topological polar surface area (TPSA) is 0 Å². The van der Waals surface area contributed by atoms with Crippen molar-refractivity contribution in [3.8, 4) is 35.5 Å². The van der Waals surface area contributed by atoms with Crippen LogP contribution in [0, 0.1) is 56.3 Å². The highest BCUT2D eigenvalue weighted by atomic mass is 14.3. The monoisotopic (exact) mass is 434 g/mol. The lowest BCUT2D eigenvalue weighted by Gasteiger charge is -2.30. The summed E-state index contributed by atoms with van der Waals surface area (Å²) in [5, 5.41) is 0. The maximum Gasteiger partial charge on any atom is 0.107 e. The zero-order valence-electron chi connectivity index (χ0n) is 19.8. The maximum atomic E-state index is 3.52. The number of hydrogen-bond acceptors (Lipinski definition) is 0. The summed E-state index contributed by atoms with van der Waals surface area (Å²) in [7, 11) is 0. The van der Waals surface area contributed by atoms with Crippen molar-refractivity contribution in [3.63, 3.8) is 0 Å². The molecule has 0 heterocycles. The van der Waals surface area contributed by atoms with Crippen LogP contribution < -0.4 is 0 Å². The van der Waals surface area contributed by atoms with Crippen molar-refractivity contribution in [2.45, 2.75) is 26.2 Å². The fraction of sp³-hybridized carbons (Fsp3) is 0.118. The van der Waals surface area contributed by atoms with E-state index in [2.05, 4.69) is 141 Å². The lowest BCUT2D eigenvalue weighted by molar-refractivity contribution is 0.809. The van der Waals surface area contributed by atoms with Gasteiger partial charge in [0.05, 0.1) is 0 Å². The Morgan fingerprint density at radius 1 is 0.500 bits per heavy atom. The Morgan fingerprint density at radius 2 is 0.912 bits per heavy atom. The van der Waals surface area contributed by atoms with Gasteiger partial charge < -0.3 is 0 Å². The summed E-state index contributed by atoms with van der Waals surface area (Å²) < 4.78 is 0. The quantitative estimate of drug-likeness (QED) is 0.240. The van der Waals surface area contributed by atoms with Gasteiger partial charge in [-0.2, -0.15) is 0 Å². The van der Waals surface area contributed by atoms with Crippen LogP contribution in [0.25, 0.3) is 0 Å². The molecule has 0 saturated carbocycles. The Bertz CT molecular complexity index is 1340. The molecule has 0 aromatic heterocycles. The lowest BCUT2D eigenvalue weighted by Crippen LogP contribution is -2.27. The molecule has 0 heteroatoms. The molecule has 162 valence electrons. The maximum absolute atomic E-state index is 3.52. The number of hydrogen-bond donors (Lipinski definition) is 0. The van der Waals surface area contributed by atoms with Crippen LogP contribution in [0.15, 0.2) is 103 Å². The average Bonchev–Trinajstić information content (AvgIpc) is 2.86. The predicted molar refractivity (Wildman–Crippen MR) is 142 cm³/mol. The molecule has 0 bridgehead atoms. The minimum atomic E-state index is -0.629. The molecule has 0 aliphatic rings. The first-order valence-corrected chi connectivity index (χ1v) is 11.4. The Balaban J connectivity index is 1.81. The molecule has 0 radical (unpaired) electrons. The van der Waals surface area contributed by atoms with Gasteiger partial charge in [-0.3, -0.25) is 0 Å². The predicted octanol–water partition coefficient (Wildman–Crippen LogP) is 7.00. The third-order valence-electron chi connectivity index (χ3n) is 5.92. The Labute approximate surface area is 203 Å². The summed E-state index contributed by atoms with van der Waals surface area (Å²) >= 11 is 0. The van der Waals surface area contributed by atoms with Crippen molar-refractivity contribution in [1.82, 2.24) is 0 Å². The van der Waals surface area contributed by atoms with Crippen LogP contribution >= 0.6 is 0 Å². The first-order chi connectivity index (χ1) is 16.6. The summed E-state index contributed by atoms with van der Waals surface area (Å²) in [4.78, 5) is 0. The van der Waals surface area contributed by atoms with Crippen LogP contribution in [0.1, 0.15) is 38.9 Å². The van der Waals surface area contributed by atoms with Crippen molar-refractivity contribution in [2.24, 2.45) is 0 Å². The van der Waals surface area contributed by atoms with Crippen LogP contribution in [0.4, 0.5) is 0 Å². The van der Waals surface area contributed by atoms with Gasteiger partial charge in [0, 0.05) is 5.56 Å². The number of benzene rings is 4. The Hall–Kier alpha value is -4.44. The van der Waals surface area contributed by atoms with Gasteiger partial charge in [0.15, 0.2) is 0 Å². The van der Waals surface area contributed by atoms with Crippen LogP contribution in [-0.2, 0) is 5.41 Å². The second-order valence-electron chi connectivity index (χ2n) is 8.37. The molecule has 0 nitrogen and oxygen atoms in total. The third-order valence-corrected chi connectivity index (χ3v) is 5.92. The molecule has 0 amide bonds. The zero-order chi connectivity index (χ0) is 23.8. The first kappa shape index (κ1) is 22.7. The first-order valence-electron chi connectivity index (χ1n) is 11.4. The van der Waals surface area contributed by atoms with E-state index in [4.69, 9.17) is 0 Å². The van der Waals surface area contributed by atoms with Gasteiger partial charge in [0.1, 0.15) is 5.41 Å². The van der Waals surface area contributed by atoms with E-state index in [9.17, 15) is 0 Å². The molecule has 0 saturated heterocycles. The molecule has 4 aromatic carbocycles. The molecule has 0 atom stereocenters. The van der Waals surface area contributed by atoms with Gasteiger partial charge >= 0.3 is 0 Å². The molecule has 0 aliphatic heterocycles. The van der Waals surface area contributed by atoms with Crippen molar-refractivity contribution >= 4 is 0 Å². The van der Waals surface area contributed by atoms with Gasteiger partial charge in [-0.15, -0.1) is 0 Å². The molecule has 0 fully saturated rings. The smallest absolute Gasteiger partial charge is 0.0677 e. The summed E-state index contributed by atoms with van der Waals surface area (Å²) in [5.74, 6) is 18.8. The van der Waals surface area contributed by atoms with E-state index in [-0.39, 0.29) is 0 Å². The molecule has 34 heavy (non-hydrogen) atoms. The van der Waals surface area contributed by atoms with Gasteiger partial charge in [0.25, 0.3) is 0 Å². The molecule has 0 aliphatic carbocycles. The van der Waals surface area contributed by atoms with E-state index in [1.54, 1.807) is 0 Å². The minimum Gasteiger partial charge on any atom is -0.0677 e. The molecule has 4 rings (SSSR count). The van der Waals surface area contributed by atoms with Crippen LogP contribution in [-0.4, -0.2) is 0 Å². The second kappa shape index (κ2) is 10.5. The second-order valence-corrected chi connectivity index (χ2v) is 8.37. The van der Waals surface area contributed by atoms with Crippen LogP contribution in [0.2, 0.25) is 0 Å². The van der Waals surface area contributed by atoms with E-state index < -0.39 is 5.41 Å². The van der Waals surface area contributed by atoms with E-state index >= 15 is 0 Å². The largest absolute Gasteiger partial charge is 0.107 e. The Morgan fingerprint density at radius 3 is 1.35 bits per heavy atom. The molecule has 0 unspecified atom stereocenters. The SMILES string of the molecule is Cc1cc(C)c(C#CC#CC#CC(c2ccccc2)(c2ccccc2)c2ccccc2)c(C)c1. The average molecular weight is 435 g/mol. The normalized spacial score (nSPS) is 10.1. The minimum absolute atomic E-state index is 0.629. The zero-order valence-corrected chi connectivity index (χ0v) is 19.8. The standard InChI is InChI=1S/C34H26/c1-27-25-28(2)33(29(3)26-27)23-15-4-5-16-24-34(30-17-9-6-10-18-30,31-19-11-7-12-20-31)32-21-13-8-14-22-32/h6-14,17-22,25-26H,1-3H3. The van der Waals surface area contributed by atoms with E-state index in [1.807, 2.05) is 18.2 Å². The van der Waals surface area contributed by atoms with Gasteiger partial charge in [-0.05, 0) is 72.3 Å². The lowest BCUT2D eigenvalue weighted by atomic mass is 9.70.